The van der Waals surface area contributed by atoms with Crippen LogP contribution in [0, 0.1) is 0 Å². The van der Waals surface area contributed by atoms with Crippen LogP contribution in [0.3, 0.4) is 0 Å². The second-order valence-electron chi connectivity index (χ2n) is 7.21. The van der Waals surface area contributed by atoms with Crippen LogP contribution in [-0.4, -0.2) is 29.8 Å². The molecule has 3 rings (SSSR count). The van der Waals surface area contributed by atoms with Gasteiger partial charge in [0.25, 0.3) is 5.91 Å². The molecule has 1 aliphatic rings. The maximum atomic E-state index is 12.5. The highest BCUT2D eigenvalue weighted by atomic mass is 16.2. The van der Waals surface area contributed by atoms with Gasteiger partial charge in [-0.15, -0.1) is 0 Å². The van der Waals surface area contributed by atoms with Gasteiger partial charge in [-0.05, 0) is 49.1 Å². The molecule has 1 unspecified atom stereocenters. The van der Waals surface area contributed by atoms with Crippen LogP contribution >= 0.6 is 0 Å². The Hall–Kier alpha value is -3.28. The van der Waals surface area contributed by atoms with Gasteiger partial charge in [0.2, 0.25) is 5.91 Å². The molecule has 6 heteroatoms. The maximum absolute atomic E-state index is 12.5. The molecular formula is C23H28N4O2. The Bertz CT molecular complexity index is 905. The van der Waals surface area contributed by atoms with E-state index in [9.17, 15) is 9.59 Å². The number of carbonyl (C=O) groups excluding carboxylic acids is 2. The number of amides is 2. The number of benzene rings is 2. The highest BCUT2D eigenvalue weighted by molar-refractivity contribution is 6.03. The van der Waals surface area contributed by atoms with Crippen LogP contribution in [0.25, 0.3) is 0 Å². The Morgan fingerprint density at radius 1 is 1.10 bits per heavy atom. The van der Waals surface area contributed by atoms with Crippen molar-refractivity contribution in [1.29, 1.82) is 0 Å². The Morgan fingerprint density at radius 2 is 1.83 bits per heavy atom. The zero-order valence-electron chi connectivity index (χ0n) is 17.2. The highest BCUT2D eigenvalue weighted by Gasteiger charge is 2.19. The van der Waals surface area contributed by atoms with Gasteiger partial charge in [-0.3, -0.25) is 9.59 Å². The minimum absolute atomic E-state index is 0.109. The van der Waals surface area contributed by atoms with Gasteiger partial charge in [0, 0.05) is 18.4 Å². The molecule has 29 heavy (non-hydrogen) atoms. The van der Waals surface area contributed by atoms with Crippen molar-refractivity contribution < 1.29 is 9.59 Å². The molecule has 1 atom stereocenters. The van der Waals surface area contributed by atoms with Crippen molar-refractivity contribution in [3.8, 4) is 0 Å². The minimum Gasteiger partial charge on any atom is -0.365 e. The summed E-state index contributed by atoms with van der Waals surface area (Å²) in [5.74, 6) is 0.793. The Morgan fingerprint density at radius 3 is 2.52 bits per heavy atom. The molecule has 0 radical (unpaired) electrons. The minimum atomic E-state index is -0.160. The molecule has 0 saturated heterocycles. The predicted octanol–water partition coefficient (Wildman–Crippen LogP) is 4.11. The Balaban J connectivity index is 1.62. The number of nitrogens with zero attached hydrogens (tertiary/aromatic N) is 1. The van der Waals surface area contributed by atoms with Gasteiger partial charge in [-0.1, -0.05) is 38.1 Å². The topological polar surface area (TPSA) is 73.5 Å². The summed E-state index contributed by atoms with van der Waals surface area (Å²) in [5.41, 5.74) is 3.41. The summed E-state index contributed by atoms with van der Waals surface area (Å²) in [6.45, 7) is 7.13. The van der Waals surface area contributed by atoms with Gasteiger partial charge in [0.05, 0.1) is 17.8 Å². The molecule has 2 aromatic rings. The summed E-state index contributed by atoms with van der Waals surface area (Å²) in [6, 6.07) is 15.3. The smallest absolute Gasteiger partial charge is 0.258 e. The quantitative estimate of drug-likeness (QED) is 0.663. The monoisotopic (exact) mass is 392 g/mol. The Kier molecular flexibility index (Phi) is 6.54. The van der Waals surface area contributed by atoms with Crippen LogP contribution < -0.4 is 16.0 Å². The molecular weight excluding hydrogens is 364 g/mol. The van der Waals surface area contributed by atoms with Crippen LogP contribution in [0.2, 0.25) is 0 Å². The molecule has 1 heterocycles. The van der Waals surface area contributed by atoms with Gasteiger partial charge >= 0.3 is 0 Å². The fourth-order valence-corrected chi connectivity index (χ4v) is 3.17. The first-order valence-electron chi connectivity index (χ1n) is 10.0. The number of likely N-dealkylation sites (N-methyl/N-ethyl adjacent to an activating group) is 1. The van der Waals surface area contributed by atoms with E-state index in [0.29, 0.717) is 23.8 Å². The molecule has 0 fully saturated rings. The molecule has 0 bridgehead atoms. The van der Waals surface area contributed by atoms with Crippen molar-refractivity contribution in [2.24, 2.45) is 0 Å². The van der Waals surface area contributed by atoms with E-state index in [0.717, 1.165) is 17.8 Å². The number of hydrogen-bond acceptors (Lipinski definition) is 4. The molecule has 1 aliphatic heterocycles. The van der Waals surface area contributed by atoms with Gasteiger partial charge in [-0.2, -0.15) is 0 Å². The number of nitrogens with one attached hydrogen (secondary N) is 3. The summed E-state index contributed by atoms with van der Waals surface area (Å²) < 4.78 is 0. The summed E-state index contributed by atoms with van der Waals surface area (Å²) in [7, 11) is 0. The first-order valence-corrected chi connectivity index (χ1v) is 10.0. The van der Waals surface area contributed by atoms with Gasteiger partial charge in [0.1, 0.15) is 5.82 Å². The lowest BCUT2D eigenvalue weighted by molar-refractivity contribution is -0.116. The third-order valence-electron chi connectivity index (χ3n) is 5.13. The van der Waals surface area contributed by atoms with Crippen LogP contribution in [0.1, 0.15) is 49.0 Å². The summed E-state index contributed by atoms with van der Waals surface area (Å²) in [4.78, 5) is 26.6. The zero-order valence-corrected chi connectivity index (χ0v) is 17.2. The molecule has 0 aliphatic carbocycles. The fourth-order valence-electron chi connectivity index (χ4n) is 3.17. The SMILES string of the molecule is CCC(C)c1ccc(NC(=O)CN(C=C2NC(=O)c3ccccc3N2)CC)cc1. The fraction of sp³-hybridized carbons (Fsp3) is 0.304. The standard InChI is InChI=1S/C23H28N4O2/c1-4-16(3)17-10-12-18(13-11-17)24-22(28)15-27(5-2)14-21-25-20-9-7-6-8-19(20)23(29)26-21/h6-14,16,25H,4-5,15H2,1-3H3,(H,24,28)(H,26,29). The van der Waals surface area contributed by atoms with E-state index >= 15 is 0 Å². The number of para-hydroxylation sites is 1. The van der Waals surface area contributed by atoms with Crippen molar-refractivity contribution in [3.05, 3.63) is 71.7 Å². The second kappa shape index (κ2) is 9.28. The lowest BCUT2D eigenvalue weighted by Gasteiger charge is -2.24. The molecule has 152 valence electrons. The Labute approximate surface area is 172 Å². The number of hydrogen-bond donors (Lipinski definition) is 3. The largest absolute Gasteiger partial charge is 0.365 e. The van der Waals surface area contributed by atoms with E-state index in [-0.39, 0.29) is 18.4 Å². The van der Waals surface area contributed by atoms with E-state index in [1.54, 1.807) is 12.3 Å². The number of anilines is 2. The highest BCUT2D eigenvalue weighted by Crippen LogP contribution is 2.22. The molecule has 2 aromatic carbocycles. The van der Waals surface area contributed by atoms with E-state index < -0.39 is 0 Å². The van der Waals surface area contributed by atoms with E-state index in [1.807, 2.05) is 42.2 Å². The third-order valence-corrected chi connectivity index (χ3v) is 5.13. The summed E-state index contributed by atoms with van der Waals surface area (Å²) in [5, 5.41) is 8.95. The van der Waals surface area contributed by atoms with E-state index in [4.69, 9.17) is 0 Å². The first kappa shape index (κ1) is 20.5. The molecule has 0 saturated carbocycles. The van der Waals surface area contributed by atoms with Gasteiger partial charge in [0.15, 0.2) is 0 Å². The number of carbonyl (C=O) groups is 2. The summed E-state index contributed by atoms with van der Waals surface area (Å²) >= 11 is 0. The van der Waals surface area contributed by atoms with Crippen molar-refractivity contribution in [3.63, 3.8) is 0 Å². The average molecular weight is 393 g/mol. The third kappa shape index (κ3) is 5.16. The normalized spacial score (nSPS) is 15.1. The first-order chi connectivity index (χ1) is 14.0. The lowest BCUT2D eigenvalue weighted by atomic mass is 9.99. The van der Waals surface area contributed by atoms with Crippen molar-refractivity contribution in [2.45, 2.75) is 33.1 Å². The maximum Gasteiger partial charge on any atom is 0.258 e. The predicted molar refractivity (Wildman–Crippen MR) is 117 cm³/mol. The molecule has 3 N–H and O–H groups in total. The van der Waals surface area contributed by atoms with Crippen molar-refractivity contribution in [2.75, 3.05) is 23.7 Å². The van der Waals surface area contributed by atoms with E-state index in [1.165, 1.54) is 5.56 Å². The van der Waals surface area contributed by atoms with Crippen LogP contribution in [0.5, 0.6) is 0 Å². The number of rotatable bonds is 7. The molecule has 0 spiro atoms. The van der Waals surface area contributed by atoms with Crippen LogP contribution in [-0.2, 0) is 4.79 Å². The van der Waals surface area contributed by atoms with Crippen molar-refractivity contribution >= 4 is 23.2 Å². The van der Waals surface area contributed by atoms with Crippen LogP contribution in [0.15, 0.2) is 60.6 Å². The van der Waals surface area contributed by atoms with Crippen molar-refractivity contribution in [1.82, 2.24) is 10.2 Å². The second-order valence-corrected chi connectivity index (χ2v) is 7.21. The molecule has 6 nitrogen and oxygen atoms in total. The summed E-state index contributed by atoms with van der Waals surface area (Å²) in [6.07, 6.45) is 2.85. The number of fused-ring (bicyclic) bond motifs is 1. The zero-order chi connectivity index (χ0) is 20.8. The van der Waals surface area contributed by atoms with Gasteiger partial charge in [-0.25, -0.2) is 0 Å². The average Bonchev–Trinajstić information content (AvgIpc) is 2.73. The molecule has 2 amide bonds. The van der Waals surface area contributed by atoms with E-state index in [2.05, 4.69) is 41.9 Å². The van der Waals surface area contributed by atoms with Crippen LogP contribution in [0.4, 0.5) is 11.4 Å². The lowest BCUT2D eigenvalue weighted by Crippen LogP contribution is -2.36. The molecule has 0 aromatic heterocycles. The van der Waals surface area contributed by atoms with Gasteiger partial charge < -0.3 is 20.9 Å².